The number of carboxylic acid groups (broad SMARTS) is 1. The Balaban J connectivity index is 2.12. The van der Waals surface area contributed by atoms with Crippen LogP contribution < -0.4 is 5.32 Å². The molecule has 1 saturated heterocycles. The maximum Gasteiger partial charge on any atom is 0.335 e. The first-order valence-corrected chi connectivity index (χ1v) is 6.73. The number of ether oxygens (including phenoxy) is 1. The molecule has 0 unspecified atom stereocenters. The van der Waals surface area contributed by atoms with Gasteiger partial charge in [0.05, 0.1) is 5.56 Å². The number of amides is 1. The van der Waals surface area contributed by atoms with Gasteiger partial charge in [-0.1, -0.05) is 5.11 Å². The molecule has 0 radical (unpaired) electrons. The maximum absolute atomic E-state index is 12.2. The SMILES string of the molecule is [N-]=[N+]=N[C@@H]1O[C@H](C(=O)Nc2ccc(C(=O)O)cc2)[C@@H](O)[C@H](O)[C@H]1O. The standard InChI is InChI=1S/C13H14N4O7/c14-17-16-12-9(20)7(18)8(19)10(24-12)11(21)15-6-3-1-5(2-4-6)13(22)23/h1-4,7-10,12,18-20H,(H,15,21)(H,22,23)/t7-,8-,9+,10-,12+/m0/s1. The summed E-state index contributed by atoms with van der Waals surface area (Å²) in [7, 11) is 0. The molecule has 1 aliphatic heterocycles. The number of nitrogens with one attached hydrogen (secondary N) is 1. The third-order valence-electron chi connectivity index (χ3n) is 3.41. The van der Waals surface area contributed by atoms with Crippen LogP contribution in [0.4, 0.5) is 5.69 Å². The molecule has 0 saturated carbocycles. The minimum absolute atomic E-state index is 0.0175. The molecule has 0 spiro atoms. The smallest absolute Gasteiger partial charge is 0.335 e. The predicted molar refractivity (Wildman–Crippen MR) is 77.9 cm³/mol. The Morgan fingerprint density at radius 2 is 1.75 bits per heavy atom. The van der Waals surface area contributed by atoms with Gasteiger partial charge < -0.3 is 30.5 Å². The van der Waals surface area contributed by atoms with Crippen LogP contribution in [0.2, 0.25) is 0 Å². The summed E-state index contributed by atoms with van der Waals surface area (Å²) in [6.45, 7) is 0. The lowest BCUT2D eigenvalue weighted by atomic mass is 9.97. The Kier molecular flexibility index (Phi) is 5.34. The number of hydrogen-bond acceptors (Lipinski definition) is 7. The van der Waals surface area contributed by atoms with Crippen molar-refractivity contribution in [2.75, 3.05) is 5.32 Å². The van der Waals surface area contributed by atoms with E-state index >= 15 is 0 Å². The number of carboxylic acids is 1. The number of aliphatic hydroxyl groups excluding tert-OH is 3. The number of azide groups is 1. The normalized spacial score (nSPS) is 29.4. The van der Waals surface area contributed by atoms with Crippen molar-refractivity contribution in [2.24, 2.45) is 5.11 Å². The molecule has 1 fully saturated rings. The van der Waals surface area contributed by atoms with Crippen molar-refractivity contribution in [3.8, 4) is 0 Å². The Morgan fingerprint density at radius 1 is 1.12 bits per heavy atom. The van der Waals surface area contributed by atoms with E-state index in [1.54, 1.807) is 0 Å². The average molecular weight is 338 g/mol. The minimum atomic E-state index is -1.75. The van der Waals surface area contributed by atoms with E-state index in [1.165, 1.54) is 24.3 Å². The molecule has 0 bridgehead atoms. The number of hydrogen-bond donors (Lipinski definition) is 5. The number of aromatic carboxylic acids is 1. The lowest BCUT2D eigenvalue weighted by Crippen LogP contribution is -2.60. The molecule has 1 amide bonds. The Hall–Kier alpha value is -2.69. The van der Waals surface area contributed by atoms with Gasteiger partial charge >= 0.3 is 5.97 Å². The zero-order valence-electron chi connectivity index (χ0n) is 12.1. The molecule has 1 heterocycles. The molecule has 0 aliphatic carbocycles. The lowest BCUT2D eigenvalue weighted by Gasteiger charge is -2.37. The van der Waals surface area contributed by atoms with Crippen LogP contribution in [0.1, 0.15) is 10.4 Å². The van der Waals surface area contributed by atoms with Crippen molar-refractivity contribution in [2.45, 2.75) is 30.6 Å². The highest BCUT2D eigenvalue weighted by Crippen LogP contribution is 2.23. The third-order valence-corrected chi connectivity index (χ3v) is 3.41. The molecule has 2 rings (SSSR count). The van der Waals surface area contributed by atoms with E-state index < -0.39 is 42.5 Å². The van der Waals surface area contributed by atoms with Crippen LogP contribution in [0, 0.1) is 0 Å². The highest BCUT2D eigenvalue weighted by molar-refractivity contribution is 5.95. The van der Waals surface area contributed by atoms with Gasteiger partial charge in [0, 0.05) is 10.6 Å². The molecule has 0 aromatic heterocycles. The molecule has 1 aliphatic rings. The van der Waals surface area contributed by atoms with Crippen LogP contribution in [0.5, 0.6) is 0 Å². The van der Waals surface area contributed by atoms with Gasteiger partial charge in [-0.05, 0) is 29.8 Å². The van der Waals surface area contributed by atoms with Gasteiger partial charge in [0.2, 0.25) is 0 Å². The van der Waals surface area contributed by atoms with Crippen molar-refractivity contribution < 1.29 is 34.8 Å². The highest BCUT2D eigenvalue weighted by atomic mass is 16.6. The van der Waals surface area contributed by atoms with Gasteiger partial charge in [0.1, 0.15) is 18.3 Å². The van der Waals surface area contributed by atoms with Gasteiger partial charge in [0.15, 0.2) is 12.3 Å². The second-order valence-electron chi connectivity index (χ2n) is 5.00. The van der Waals surface area contributed by atoms with Crippen molar-refractivity contribution in [3.05, 3.63) is 40.3 Å². The van der Waals surface area contributed by atoms with Gasteiger partial charge in [-0.25, -0.2) is 4.79 Å². The Morgan fingerprint density at radius 3 is 2.29 bits per heavy atom. The fraction of sp³-hybridized carbons (Fsp3) is 0.385. The average Bonchev–Trinajstić information content (AvgIpc) is 2.55. The molecular weight excluding hydrogens is 324 g/mol. The number of carbonyl (C=O) groups is 2. The van der Waals surface area contributed by atoms with Crippen LogP contribution in [-0.4, -0.2) is 62.9 Å². The van der Waals surface area contributed by atoms with Gasteiger partial charge in [-0.2, -0.15) is 0 Å². The van der Waals surface area contributed by atoms with E-state index in [-0.39, 0.29) is 11.3 Å². The summed E-state index contributed by atoms with van der Waals surface area (Å²) in [6.07, 6.45) is -8.32. The van der Waals surface area contributed by atoms with Gasteiger partial charge in [0.25, 0.3) is 5.91 Å². The number of anilines is 1. The monoisotopic (exact) mass is 338 g/mol. The van der Waals surface area contributed by atoms with Crippen LogP contribution in [0.25, 0.3) is 10.4 Å². The quantitative estimate of drug-likeness (QED) is 0.276. The summed E-state index contributed by atoms with van der Waals surface area (Å²) in [5.41, 5.74) is 8.64. The van der Waals surface area contributed by atoms with E-state index in [9.17, 15) is 24.9 Å². The van der Waals surface area contributed by atoms with E-state index in [4.69, 9.17) is 15.4 Å². The molecular formula is C13H14N4O7. The molecule has 11 nitrogen and oxygen atoms in total. The minimum Gasteiger partial charge on any atom is -0.478 e. The first kappa shape index (κ1) is 17.7. The first-order valence-electron chi connectivity index (χ1n) is 6.73. The number of carbonyl (C=O) groups excluding carboxylic acids is 1. The molecule has 1 aromatic carbocycles. The maximum atomic E-state index is 12.2. The van der Waals surface area contributed by atoms with Gasteiger partial charge in [-0.3, -0.25) is 4.79 Å². The third kappa shape index (κ3) is 3.62. The summed E-state index contributed by atoms with van der Waals surface area (Å²) < 4.78 is 5.03. The van der Waals surface area contributed by atoms with Crippen LogP contribution >= 0.6 is 0 Å². The zero-order chi connectivity index (χ0) is 17.9. The number of aliphatic hydroxyl groups is 3. The summed E-state index contributed by atoms with van der Waals surface area (Å²) in [5.74, 6) is -2.00. The van der Waals surface area contributed by atoms with E-state index in [2.05, 4.69) is 15.3 Å². The Labute approximate surface area is 134 Å². The molecule has 5 atom stereocenters. The fourth-order valence-corrected chi connectivity index (χ4v) is 2.13. The fourth-order valence-electron chi connectivity index (χ4n) is 2.13. The van der Waals surface area contributed by atoms with Crippen molar-refractivity contribution in [3.63, 3.8) is 0 Å². The second kappa shape index (κ2) is 7.25. The van der Waals surface area contributed by atoms with Gasteiger partial charge in [-0.15, -0.1) is 0 Å². The molecule has 128 valence electrons. The zero-order valence-corrected chi connectivity index (χ0v) is 12.1. The first-order chi connectivity index (χ1) is 11.3. The number of rotatable bonds is 4. The summed E-state index contributed by atoms with van der Waals surface area (Å²) in [4.78, 5) is 25.3. The van der Waals surface area contributed by atoms with E-state index in [0.29, 0.717) is 0 Å². The van der Waals surface area contributed by atoms with E-state index in [1.807, 2.05) is 0 Å². The van der Waals surface area contributed by atoms with Crippen molar-refractivity contribution >= 4 is 17.6 Å². The van der Waals surface area contributed by atoms with E-state index in [0.717, 1.165) is 0 Å². The number of nitrogens with zero attached hydrogens (tertiary/aromatic N) is 3. The Bertz CT molecular complexity index is 673. The molecule has 5 N–H and O–H groups in total. The van der Waals surface area contributed by atoms with Crippen LogP contribution in [0.15, 0.2) is 29.4 Å². The van der Waals surface area contributed by atoms with Crippen LogP contribution in [0.3, 0.4) is 0 Å². The van der Waals surface area contributed by atoms with Crippen molar-refractivity contribution in [1.29, 1.82) is 0 Å². The number of benzene rings is 1. The summed E-state index contributed by atoms with van der Waals surface area (Å²) in [6, 6.07) is 5.18. The predicted octanol–water partition coefficient (Wildman–Crippen LogP) is -0.559. The van der Waals surface area contributed by atoms with Crippen LogP contribution in [-0.2, 0) is 9.53 Å². The highest BCUT2D eigenvalue weighted by Gasteiger charge is 2.46. The van der Waals surface area contributed by atoms with Crippen molar-refractivity contribution in [1.82, 2.24) is 0 Å². The molecule has 11 heteroatoms. The second-order valence-corrected chi connectivity index (χ2v) is 5.00. The molecule has 24 heavy (non-hydrogen) atoms. The largest absolute Gasteiger partial charge is 0.478 e. The summed E-state index contributed by atoms with van der Waals surface area (Å²) >= 11 is 0. The lowest BCUT2D eigenvalue weighted by molar-refractivity contribution is -0.216. The summed E-state index contributed by atoms with van der Waals surface area (Å²) in [5, 5.41) is 43.5. The topological polar surface area (TPSA) is 185 Å². The molecule has 1 aromatic rings.